The van der Waals surface area contributed by atoms with Crippen molar-refractivity contribution < 1.29 is 0 Å². The quantitative estimate of drug-likeness (QED) is 0.919. The molecule has 0 spiro atoms. The summed E-state index contributed by atoms with van der Waals surface area (Å²) in [6, 6.07) is 10.7. The molecule has 0 fully saturated rings. The Morgan fingerprint density at radius 3 is 2.20 bits per heavy atom. The average molecular weight is 271 g/mol. The van der Waals surface area contributed by atoms with Crippen LogP contribution in [0.4, 0.5) is 5.82 Å². The number of hydrogen-bond acceptors (Lipinski definition) is 2. The number of rotatable bonds is 3. The molecule has 0 amide bonds. The van der Waals surface area contributed by atoms with Gasteiger partial charge in [0.05, 0.1) is 5.69 Å². The summed E-state index contributed by atoms with van der Waals surface area (Å²) < 4.78 is 2.16. The molecule has 0 aliphatic carbocycles. The Bertz CT molecular complexity index is 574. The van der Waals surface area contributed by atoms with Gasteiger partial charge in [-0.3, -0.25) is 0 Å². The second-order valence-electron chi connectivity index (χ2n) is 6.64. The minimum absolute atomic E-state index is 0.00662. The minimum Gasteiger partial charge on any atom is -0.384 e. The number of benzene rings is 1. The molecule has 1 aromatic carbocycles. The maximum Gasteiger partial charge on any atom is 0.127 e. The summed E-state index contributed by atoms with van der Waals surface area (Å²) in [4.78, 5) is 4.84. The Labute approximate surface area is 121 Å². The van der Waals surface area contributed by atoms with Crippen LogP contribution < -0.4 is 5.73 Å². The molecule has 20 heavy (non-hydrogen) atoms. The largest absolute Gasteiger partial charge is 0.384 e. The van der Waals surface area contributed by atoms with E-state index >= 15 is 0 Å². The molecule has 2 aromatic rings. The fraction of sp³-hybridized carbons (Fsp3) is 0.471. The lowest BCUT2D eigenvalue weighted by molar-refractivity contribution is 0.472. The molecule has 0 aliphatic heterocycles. The van der Waals surface area contributed by atoms with Crippen molar-refractivity contribution in [3.8, 4) is 0 Å². The second kappa shape index (κ2) is 5.31. The summed E-state index contributed by atoms with van der Waals surface area (Å²) in [5, 5.41) is 0. The molecular weight excluding hydrogens is 246 g/mol. The summed E-state index contributed by atoms with van der Waals surface area (Å²) in [5.74, 6) is 1.87. The van der Waals surface area contributed by atoms with Gasteiger partial charge in [-0.1, -0.05) is 51.1 Å². The Morgan fingerprint density at radius 1 is 1.15 bits per heavy atom. The molecule has 108 valence electrons. The number of imidazole rings is 1. The molecule has 0 saturated heterocycles. The molecule has 1 heterocycles. The van der Waals surface area contributed by atoms with Crippen LogP contribution >= 0.6 is 0 Å². The first kappa shape index (κ1) is 14.6. The van der Waals surface area contributed by atoms with Crippen LogP contribution in [0, 0.1) is 0 Å². The Morgan fingerprint density at radius 2 is 1.75 bits per heavy atom. The monoisotopic (exact) mass is 271 g/mol. The summed E-state index contributed by atoms with van der Waals surface area (Å²) in [5.41, 5.74) is 8.57. The van der Waals surface area contributed by atoms with Crippen molar-refractivity contribution in [2.45, 2.75) is 52.5 Å². The third-order valence-corrected chi connectivity index (χ3v) is 3.43. The molecule has 2 rings (SSSR count). The maximum atomic E-state index is 6.35. The molecule has 0 radical (unpaired) electrons. The molecule has 3 heteroatoms. The van der Waals surface area contributed by atoms with Gasteiger partial charge in [0.2, 0.25) is 0 Å². The first-order valence-corrected chi connectivity index (χ1v) is 7.21. The first-order valence-electron chi connectivity index (χ1n) is 7.21. The van der Waals surface area contributed by atoms with E-state index in [4.69, 9.17) is 10.7 Å². The lowest BCUT2D eigenvalue weighted by atomic mass is 9.95. The summed E-state index contributed by atoms with van der Waals surface area (Å²) >= 11 is 0. The molecule has 0 unspecified atom stereocenters. The van der Waals surface area contributed by atoms with Crippen molar-refractivity contribution in [1.29, 1.82) is 0 Å². The predicted octanol–water partition coefficient (Wildman–Crippen LogP) is 3.93. The molecule has 2 N–H and O–H groups in total. The number of aromatic nitrogens is 2. The summed E-state index contributed by atoms with van der Waals surface area (Å²) in [6.45, 7) is 10.8. The minimum atomic E-state index is -0.00662. The highest BCUT2D eigenvalue weighted by molar-refractivity contribution is 5.43. The second-order valence-corrected chi connectivity index (χ2v) is 6.64. The smallest absolute Gasteiger partial charge is 0.127 e. The van der Waals surface area contributed by atoms with Gasteiger partial charge >= 0.3 is 0 Å². The van der Waals surface area contributed by atoms with Gasteiger partial charge in [0, 0.05) is 17.9 Å². The van der Waals surface area contributed by atoms with Gasteiger partial charge in [-0.2, -0.15) is 0 Å². The van der Waals surface area contributed by atoms with E-state index in [2.05, 4.69) is 63.5 Å². The first-order chi connectivity index (χ1) is 9.30. The average Bonchev–Trinajstić information content (AvgIpc) is 2.68. The van der Waals surface area contributed by atoms with E-state index < -0.39 is 0 Å². The van der Waals surface area contributed by atoms with E-state index in [9.17, 15) is 0 Å². The van der Waals surface area contributed by atoms with Gasteiger partial charge < -0.3 is 10.3 Å². The fourth-order valence-electron chi connectivity index (χ4n) is 2.46. The van der Waals surface area contributed by atoms with Crippen LogP contribution in [0.5, 0.6) is 0 Å². The number of anilines is 1. The zero-order chi connectivity index (χ0) is 14.9. The molecule has 1 aromatic heterocycles. The van der Waals surface area contributed by atoms with E-state index in [1.54, 1.807) is 0 Å². The van der Waals surface area contributed by atoms with E-state index in [1.807, 2.05) is 6.07 Å². The lowest BCUT2D eigenvalue weighted by Gasteiger charge is -2.22. The number of nitrogens with zero attached hydrogens (tertiary/aromatic N) is 2. The highest BCUT2D eigenvalue weighted by Crippen LogP contribution is 2.30. The van der Waals surface area contributed by atoms with Crippen molar-refractivity contribution in [1.82, 2.24) is 9.55 Å². The van der Waals surface area contributed by atoms with Crippen LogP contribution in [0.1, 0.15) is 57.7 Å². The SMILES string of the molecule is CC(C)n1c(C(C)(C)C)nc(Cc2ccccc2)c1N. The molecule has 0 atom stereocenters. The Balaban J connectivity index is 2.45. The van der Waals surface area contributed by atoms with Crippen molar-refractivity contribution >= 4 is 5.82 Å². The van der Waals surface area contributed by atoms with Crippen molar-refractivity contribution in [2.75, 3.05) is 5.73 Å². The normalized spacial score (nSPS) is 12.1. The number of hydrogen-bond donors (Lipinski definition) is 1. The van der Waals surface area contributed by atoms with Gasteiger partial charge in [-0.25, -0.2) is 4.98 Å². The maximum absolute atomic E-state index is 6.35. The van der Waals surface area contributed by atoms with E-state index in [1.165, 1.54) is 5.56 Å². The van der Waals surface area contributed by atoms with Gasteiger partial charge in [0.25, 0.3) is 0 Å². The van der Waals surface area contributed by atoms with Crippen molar-refractivity contribution in [3.63, 3.8) is 0 Å². The molecule has 0 saturated carbocycles. The zero-order valence-corrected chi connectivity index (χ0v) is 13.1. The Hall–Kier alpha value is -1.77. The molecular formula is C17H25N3. The third kappa shape index (κ3) is 2.87. The molecule has 3 nitrogen and oxygen atoms in total. The van der Waals surface area contributed by atoms with Crippen LogP contribution in [0.15, 0.2) is 30.3 Å². The standard InChI is InChI=1S/C17H25N3/c1-12(2)20-15(18)14(19-16(20)17(3,4)5)11-13-9-7-6-8-10-13/h6-10,12H,11,18H2,1-5H3. The van der Waals surface area contributed by atoms with Gasteiger partial charge in [-0.05, 0) is 19.4 Å². The number of nitrogen functional groups attached to an aromatic ring is 1. The van der Waals surface area contributed by atoms with E-state index in [0.717, 1.165) is 23.8 Å². The molecule has 0 bridgehead atoms. The van der Waals surface area contributed by atoms with Crippen LogP contribution in [0.2, 0.25) is 0 Å². The van der Waals surface area contributed by atoms with Crippen LogP contribution in [-0.2, 0) is 11.8 Å². The summed E-state index contributed by atoms with van der Waals surface area (Å²) in [6.07, 6.45) is 0.787. The Kier molecular flexibility index (Phi) is 3.89. The van der Waals surface area contributed by atoms with Crippen molar-refractivity contribution in [3.05, 3.63) is 47.4 Å². The molecule has 0 aliphatic rings. The van der Waals surface area contributed by atoms with E-state index in [-0.39, 0.29) is 5.41 Å². The predicted molar refractivity (Wildman–Crippen MR) is 85.0 cm³/mol. The highest BCUT2D eigenvalue weighted by Gasteiger charge is 2.26. The van der Waals surface area contributed by atoms with Crippen LogP contribution in [0.3, 0.4) is 0 Å². The van der Waals surface area contributed by atoms with Gasteiger partial charge in [0.1, 0.15) is 11.6 Å². The summed E-state index contributed by atoms with van der Waals surface area (Å²) in [7, 11) is 0. The van der Waals surface area contributed by atoms with E-state index in [0.29, 0.717) is 6.04 Å². The zero-order valence-electron chi connectivity index (χ0n) is 13.1. The van der Waals surface area contributed by atoms with Crippen LogP contribution in [0.25, 0.3) is 0 Å². The highest BCUT2D eigenvalue weighted by atomic mass is 15.2. The third-order valence-electron chi connectivity index (χ3n) is 3.43. The van der Waals surface area contributed by atoms with Gasteiger partial charge in [0.15, 0.2) is 0 Å². The topological polar surface area (TPSA) is 43.8 Å². The lowest BCUT2D eigenvalue weighted by Crippen LogP contribution is -2.21. The van der Waals surface area contributed by atoms with Gasteiger partial charge in [-0.15, -0.1) is 0 Å². The fourth-order valence-corrected chi connectivity index (χ4v) is 2.46. The number of nitrogens with two attached hydrogens (primary N) is 1. The van der Waals surface area contributed by atoms with Crippen molar-refractivity contribution in [2.24, 2.45) is 0 Å². The van der Waals surface area contributed by atoms with Crippen LogP contribution in [-0.4, -0.2) is 9.55 Å².